The van der Waals surface area contributed by atoms with Crippen LogP contribution in [0.4, 0.5) is 0 Å². The maximum atomic E-state index is 12.4. The van der Waals surface area contributed by atoms with E-state index in [1.807, 2.05) is 23.2 Å². The quantitative estimate of drug-likeness (QED) is 0.770. The monoisotopic (exact) mass is 366 g/mol. The molecule has 0 bridgehead atoms. The summed E-state index contributed by atoms with van der Waals surface area (Å²) in [7, 11) is 0. The number of nitrogens with zero attached hydrogens (tertiary/aromatic N) is 3. The topological polar surface area (TPSA) is 52.2 Å². The first-order valence-corrected chi connectivity index (χ1v) is 9.68. The standard InChI is InChI=1S/C20H22N4OS/c1-15-5-2-3-6-17(15)19-22-13-16(26-19)14-23-9-11-24(12-10-23)20(25)18-7-4-8-21-18/h2-8,13,21H,9-12,14H2,1H3. The summed E-state index contributed by atoms with van der Waals surface area (Å²) in [5, 5.41) is 1.08. The van der Waals surface area contributed by atoms with Crippen molar-refractivity contribution in [1.29, 1.82) is 0 Å². The molecule has 4 rings (SSSR count). The zero-order chi connectivity index (χ0) is 17.9. The third-order valence-electron chi connectivity index (χ3n) is 4.80. The molecule has 0 unspecified atom stereocenters. The Kier molecular flexibility index (Phi) is 4.86. The second-order valence-electron chi connectivity index (χ2n) is 6.60. The van der Waals surface area contributed by atoms with Crippen LogP contribution in [0, 0.1) is 6.92 Å². The summed E-state index contributed by atoms with van der Waals surface area (Å²) in [6.45, 7) is 6.33. The maximum Gasteiger partial charge on any atom is 0.270 e. The fourth-order valence-electron chi connectivity index (χ4n) is 3.28. The zero-order valence-electron chi connectivity index (χ0n) is 14.8. The average molecular weight is 366 g/mol. The molecule has 1 fully saturated rings. The number of piperazine rings is 1. The van der Waals surface area contributed by atoms with Crippen LogP contribution in [0.5, 0.6) is 0 Å². The summed E-state index contributed by atoms with van der Waals surface area (Å²) in [6.07, 6.45) is 3.78. The lowest BCUT2D eigenvalue weighted by Gasteiger charge is -2.34. The molecule has 1 aromatic carbocycles. The minimum Gasteiger partial charge on any atom is -0.357 e. The number of rotatable bonds is 4. The highest BCUT2D eigenvalue weighted by atomic mass is 32.1. The van der Waals surface area contributed by atoms with Crippen LogP contribution in [0.15, 0.2) is 48.8 Å². The van der Waals surface area contributed by atoms with Gasteiger partial charge >= 0.3 is 0 Å². The Morgan fingerprint density at radius 2 is 1.96 bits per heavy atom. The van der Waals surface area contributed by atoms with Gasteiger partial charge in [-0.25, -0.2) is 4.98 Å². The second-order valence-corrected chi connectivity index (χ2v) is 7.71. The number of hydrogen-bond acceptors (Lipinski definition) is 4. The number of amides is 1. The third-order valence-corrected chi connectivity index (χ3v) is 5.81. The highest BCUT2D eigenvalue weighted by molar-refractivity contribution is 7.15. The van der Waals surface area contributed by atoms with Crippen molar-refractivity contribution in [2.45, 2.75) is 13.5 Å². The molecule has 1 N–H and O–H groups in total. The van der Waals surface area contributed by atoms with Gasteiger partial charge in [0.1, 0.15) is 10.7 Å². The van der Waals surface area contributed by atoms with E-state index in [-0.39, 0.29) is 5.91 Å². The maximum absolute atomic E-state index is 12.4. The van der Waals surface area contributed by atoms with Gasteiger partial charge in [0.05, 0.1) is 0 Å². The summed E-state index contributed by atoms with van der Waals surface area (Å²) in [6, 6.07) is 12.1. The summed E-state index contributed by atoms with van der Waals surface area (Å²) in [4.78, 5) is 25.6. The minimum absolute atomic E-state index is 0.0919. The zero-order valence-corrected chi connectivity index (χ0v) is 15.6. The molecule has 1 aliphatic rings. The molecule has 0 spiro atoms. The minimum atomic E-state index is 0.0919. The number of aryl methyl sites for hydroxylation is 1. The number of aromatic nitrogens is 2. The molecule has 26 heavy (non-hydrogen) atoms. The van der Waals surface area contributed by atoms with Crippen molar-refractivity contribution in [3.8, 4) is 10.6 Å². The number of nitrogens with one attached hydrogen (secondary N) is 1. The fourth-order valence-corrected chi connectivity index (χ4v) is 4.33. The van der Waals surface area contributed by atoms with Crippen LogP contribution in [-0.2, 0) is 6.54 Å². The van der Waals surface area contributed by atoms with Crippen LogP contribution in [0.25, 0.3) is 10.6 Å². The molecule has 0 saturated carbocycles. The van der Waals surface area contributed by atoms with Crippen molar-refractivity contribution >= 4 is 17.2 Å². The lowest BCUT2D eigenvalue weighted by molar-refractivity contribution is 0.0624. The summed E-state index contributed by atoms with van der Waals surface area (Å²) in [5.74, 6) is 0.0919. The predicted molar refractivity (Wildman–Crippen MR) is 104 cm³/mol. The van der Waals surface area contributed by atoms with Crippen LogP contribution in [0.3, 0.4) is 0 Å². The van der Waals surface area contributed by atoms with E-state index in [9.17, 15) is 4.79 Å². The SMILES string of the molecule is Cc1ccccc1-c1ncc(CN2CCN(C(=O)c3ccc[nH]3)CC2)s1. The number of carbonyl (C=O) groups is 1. The first-order chi connectivity index (χ1) is 12.7. The van der Waals surface area contributed by atoms with Crippen molar-refractivity contribution in [2.24, 2.45) is 0 Å². The molecule has 0 aliphatic carbocycles. The van der Waals surface area contributed by atoms with Gasteiger partial charge < -0.3 is 9.88 Å². The summed E-state index contributed by atoms with van der Waals surface area (Å²) >= 11 is 1.76. The number of hydrogen-bond donors (Lipinski definition) is 1. The van der Waals surface area contributed by atoms with Gasteiger partial charge in [-0.1, -0.05) is 24.3 Å². The Morgan fingerprint density at radius 3 is 2.69 bits per heavy atom. The van der Waals surface area contributed by atoms with E-state index < -0.39 is 0 Å². The van der Waals surface area contributed by atoms with E-state index in [2.05, 4.69) is 46.1 Å². The molecule has 6 heteroatoms. The van der Waals surface area contributed by atoms with Gasteiger partial charge in [0.2, 0.25) is 0 Å². The van der Waals surface area contributed by atoms with E-state index in [1.165, 1.54) is 16.0 Å². The molecule has 5 nitrogen and oxygen atoms in total. The summed E-state index contributed by atoms with van der Waals surface area (Å²) in [5.41, 5.74) is 3.14. The number of H-pyrrole nitrogens is 1. The Hall–Kier alpha value is -2.44. The Bertz CT molecular complexity index is 879. The van der Waals surface area contributed by atoms with Crippen molar-refractivity contribution in [1.82, 2.24) is 19.8 Å². The smallest absolute Gasteiger partial charge is 0.270 e. The van der Waals surface area contributed by atoms with Gasteiger partial charge in [-0.3, -0.25) is 9.69 Å². The molecule has 1 amide bonds. The Morgan fingerprint density at radius 1 is 1.15 bits per heavy atom. The predicted octanol–water partition coefficient (Wildman–Crippen LogP) is 3.40. The van der Waals surface area contributed by atoms with Crippen LogP contribution in [0.1, 0.15) is 20.9 Å². The van der Waals surface area contributed by atoms with E-state index in [0.29, 0.717) is 5.69 Å². The fraction of sp³-hybridized carbons (Fsp3) is 0.300. The Labute approximate surface area is 157 Å². The number of thiazole rings is 1. The van der Waals surface area contributed by atoms with Gasteiger partial charge in [0.15, 0.2) is 0 Å². The highest BCUT2D eigenvalue weighted by Gasteiger charge is 2.23. The van der Waals surface area contributed by atoms with Gasteiger partial charge in [0.25, 0.3) is 5.91 Å². The van der Waals surface area contributed by atoms with Crippen molar-refractivity contribution in [3.63, 3.8) is 0 Å². The van der Waals surface area contributed by atoms with Crippen LogP contribution in [0.2, 0.25) is 0 Å². The lowest BCUT2D eigenvalue weighted by atomic mass is 10.1. The molecule has 1 saturated heterocycles. The van der Waals surface area contributed by atoms with E-state index in [4.69, 9.17) is 0 Å². The summed E-state index contributed by atoms with van der Waals surface area (Å²) < 4.78 is 0. The van der Waals surface area contributed by atoms with Crippen molar-refractivity contribution in [2.75, 3.05) is 26.2 Å². The molecule has 0 radical (unpaired) electrons. The van der Waals surface area contributed by atoms with Crippen LogP contribution < -0.4 is 0 Å². The van der Waals surface area contributed by atoms with E-state index in [1.54, 1.807) is 17.5 Å². The van der Waals surface area contributed by atoms with Gasteiger partial charge in [-0.15, -0.1) is 11.3 Å². The normalized spacial score (nSPS) is 15.3. The number of carbonyl (C=O) groups excluding carboxylic acids is 1. The Balaban J connectivity index is 1.35. The molecule has 2 aromatic heterocycles. The first kappa shape index (κ1) is 17.0. The molecule has 3 heterocycles. The molecule has 3 aromatic rings. The van der Waals surface area contributed by atoms with Crippen molar-refractivity contribution < 1.29 is 4.79 Å². The molecular formula is C20H22N4OS. The van der Waals surface area contributed by atoms with E-state index in [0.717, 1.165) is 37.7 Å². The average Bonchev–Trinajstić information content (AvgIpc) is 3.34. The lowest BCUT2D eigenvalue weighted by Crippen LogP contribution is -2.48. The molecule has 1 aliphatic heterocycles. The largest absolute Gasteiger partial charge is 0.357 e. The highest BCUT2D eigenvalue weighted by Crippen LogP contribution is 2.28. The molecule has 0 atom stereocenters. The first-order valence-electron chi connectivity index (χ1n) is 8.86. The van der Waals surface area contributed by atoms with Gasteiger partial charge in [-0.2, -0.15) is 0 Å². The second kappa shape index (κ2) is 7.43. The third kappa shape index (κ3) is 3.57. The molecule has 134 valence electrons. The van der Waals surface area contributed by atoms with Gasteiger partial charge in [-0.05, 0) is 24.6 Å². The van der Waals surface area contributed by atoms with Crippen LogP contribution >= 0.6 is 11.3 Å². The van der Waals surface area contributed by atoms with Gasteiger partial charge in [0, 0.05) is 55.6 Å². The van der Waals surface area contributed by atoms with E-state index >= 15 is 0 Å². The van der Waals surface area contributed by atoms with Crippen LogP contribution in [-0.4, -0.2) is 51.9 Å². The van der Waals surface area contributed by atoms with Crippen molar-refractivity contribution in [3.05, 3.63) is 64.9 Å². The molecular weight excluding hydrogens is 344 g/mol. The number of benzene rings is 1. The number of aromatic amines is 1.